The zero-order valence-electron chi connectivity index (χ0n) is 11.3. The molecule has 0 saturated heterocycles. The van der Waals surface area contributed by atoms with Gasteiger partial charge in [0.15, 0.2) is 5.17 Å². The van der Waals surface area contributed by atoms with Crippen LogP contribution in [-0.4, -0.2) is 21.6 Å². The van der Waals surface area contributed by atoms with Gasteiger partial charge < -0.3 is 0 Å². The number of halogens is 1. The first-order chi connectivity index (χ1) is 10.2. The van der Waals surface area contributed by atoms with Gasteiger partial charge in [-0.2, -0.15) is 5.10 Å². The standard InChI is InChI=1S/C16H14ClN3S/c17-14-8-6-13(7-9-14)15-11-21-16(18)20(19-15)10-12-4-2-1-3-5-12/h1-9,18H,10-11H2. The van der Waals surface area contributed by atoms with Crippen LogP contribution < -0.4 is 0 Å². The van der Waals surface area contributed by atoms with Gasteiger partial charge >= 0.3 is 0 Å². The molecule has 0 unspecified atom stereocenters. The van der Waals surface area contributed by atoms with Gasteiger partial charge in [0.05, 0.1) is 12.3 Å². The molecule has 1 aliphatic heterocycles. The number of benzene rings is 2. The first kappa shape index (κ1) is 14.2. The molecule has 3 rings (SSSR count). The average Bonchev–Trinajstić information content (AvgIpc) is 2.51. The highest BCUT2D eigenvalue weighted by atomic mass is 35.5. The molecule has 0 fully saturated rings. The van der Waals surface area contributed by atoms with Crippen LogP contribution >= 0.6 is 23.4 Å². The summed E-state index contributed by atoms with van der Waals surface area (Å²) in [6.45, 7) is 0.615. The molecule has 5 heteroatoms. The summed E-state index contributed by atoms with van der Waals surface area (Å²) in [7, 11) is 0. The van der Waals surface area contributed by atoms with Gasteiger partial charge in [0, 0.05) is 10.8 Å². The lowest BCUT2D eigenvalue weighted by molar-refractivity contribution is 0.444. The van der Waals surface area contributed by atoms with Crippen LogP contribution in [0.2, 0.25) is 5.02 Å². The molecular weight excluding hydrogens is 302 g/mol. The zero-order valence-corrected chi connectivity index (χ0v) is 12.9. The van der Waals surface area contributed by atoms with Crippen molar-refractivity contribution in [3.63, 3.8) is 0 Å². The molecule has 3 nitrogen and oxygen atoms in total. The highest BCUT2D eigenvalue weighted by Crippen LogP contribution is 2.21. The molecule has 0 bridgehead atoms. The second-order valence-electron chi connectivity index (χ2n) is 4.69. The summed E-state index contributed by atoms with van der Waals surface area (Å²) in [4.78, 5) is 0. The van der Waals surface area contributed by atoms with Crippen molar-refractivity contribution in [1.82, 2.24) is 5.01 Å². The first-order valence-electron chi connectivity index (χ1n) is 6.58. The molecule has 21 heavy (non-hydrogen) atoms. The highest BCUT2D eigenvalue weighted by molar-refractivity contribution is 8.14. The van der Waals surface area contributed by atoms with Crippen LogP contribution in [0.3, 0.4) is 0 Å². The molecule has 0 saturated carbocycles. The van der Waals surface area contributed by atoms with Gasteiger partial charge in [0.1, 0.15) is 0 Å². The Bertz CT molecular complexity index is 668. The van der Waals surface area contributed by atoms with Gasteiger partial charge in [-0.1, -0.05) is 65.8 Å². The number of thioether (sulfide) groups is 1. The minimum absolute atomic E-state index is 0.483. The Morgan fingerprint density at radius 3 is 2.52 bits per heavy atom. The molecule has 0 aliphatic carbocycles. The Kier molecular flexibility index (Phi) is 4.27. The second-order valence-corrected chi connectivity index (χ2v) is 6.09. The molecule has 0 aromatic heterocycles. The van der Waals surface area contributed by atoms with Gasteiger partial charge in [-0.25, -0.2) is 5.01 Å². The SMILES string of the molecule is N=C1SCC(c2ccc(Cl)cc2)=NN1Cc1ccccc1. The van der Waals surface area contributed by atoms with Crippen LogP contribution in [0.1, 0.15) is 11.1 Å². The number of nitrogens with zero attached hydrogens (tertiary/aromatic N) is 2. The molecule has 2 aromatic rings. The van der Waals surface area contributed by atoms with Crippen molar-refractivity contribution in [1.29, 1.82) is 5.41 Å². The third-order valence-electron chi connectivity index (χ3n) is 3.17. The quantitative estimate of drug-likeness (QED) is 0.920. The van der Waals surface area contributed by atoms with E-state index in [2.05, 4.69) is 5.10 Å². The Morgan fingerprint density at radius 1 is 1.10 bits per heavy atom. The lowest BCUT2D eigenvalue weighted by Crippen LogP contribution is -2.30. The van der Waals surface area contributed by atoms with Gasteiger partial charge in [-0.3, -0.25) is 5.41 Å². The van der Waals surface area contributed by atoms with Crippen LogP contribution in [0.15, 0.2) is 59.7 Å². The van der Waals surface area contributed by atoms with Crippen LogP contribution in [0.5, 0.6) is 0 Å². The maximum atomic E-state index is 8.04. The van der Waals surface area contributed by atoms with Crippen molar-refractivity contribution >= 4 is 34.2 Å². The fraction of sp³-hybridized carbons (Fsp3) is 0.125. The minimum Gasteiger partial charge on any atom is -0.277 e. The van der Waals surface area contributed by atoms with E-state index in [0.29, 0.717) is 17.5 Å². The summed E-state index contributed by atoms with van der Waals surface area (Å²) in [5.41, 5.74) is 3.17. The van der Waals surface area contributed by atoms with Crippen LogP contribution in [0.4, 0.5) is 0 Å². The highest BCUT2D eigenvalue weighted by Gasteiger charge is 2.19. The molecule has 0 amide bonds. The third kappa shape index (κ3) is 3.46. The molecule has 0 spiro atoms. The number of nitrogens with one attached hydrogen (secondary N) is 1. The summed E-state index contributed by atoms with van der Waals surface area (Å²) < 4.78 is 0. The summed E-state index contributed by atoms with van der Waals surface area (Å²) in [6, 6.07) is 17.8. The van der Waals surface area contributed by atoms with Crippen LogP contribution in [-0.2, 0) is 6.54 Å². The smallest absolute Gasteiger partial charge is 0.177 e. The van der Waals surface area contributed by atoms with E-state index in [9.17, 15) is 0 Å². The number of hydrogen-bond acceptors (Lipinski definition) is 3. The van der Waals surface area contributed by atoms with E-state index in [0.717, 1.165) is 21.9 Å². The predicted octanol–water partition coefficient (Wildman–Crippen LogP) is 4.23. The van der Waals surface area contributed by atoms with E-state index in [4.69, 9.17) is 17.0 Å². The van der Waals surface area contributed by atoms with E-state index in [1.165, 1.54) is 11.8 Å². The van der Waals surface area contributed by atoms with E-state index >= 15 is 0 Å². The van der Waals surface area contributed by atoms with Crippen LogP contribution in [0.25, 0.3) is 0 Å². The lowest BCUT2D eigenvalue weighted by atomic mass is 10.1. The first-order valence-corrected chi connectivity index (χ1v) is 7.95. The second kappa shape index (κ2) is 6.33. The molecule has 1 heterocycles. The third-order valence-corrected chi connectivity index (χ3v) is 4.33. The van der Waals surface area contributed by atoms with Gasteiger partial charge in [0.25, 0.3) is 0 Å². The summed E-state index contributed by atoms with van der Waals surface area (Å²) >= 11 is 7.42. The van der Waals surface area contributed by atoms with E-state index < -0.39 is 0 Å². The predicted molar refractivity (Wildman–Crippen MR) is 90.2 cm³/mol. The van der Waals surface area contributed by atoms with Gasteiger partial charge in [-0.05, 0) is 23.3 Å². The normalized spacial score (nSPS) is 15.0. The summed E-state index contributed by atoms with van der Waals surface area (Å²) in [6.07, 6.45) is 0. The van der Waals surface area contributed by atoms with E-state index in [1.807, 2.05) is 54.6 Å². The average molecular weight is 316 g/mol. The number of rotatable bonds is 3. The maximum absolute atomic E-state index is 8.04. The van der Waals surface area contributed by atoms with Crippen molar-refractivity contribution in [2.45, 2.75) is 6.54 Å². The van der Waals surface area contributed by atoms with Gasteiger partial charge in [0.2, 0.25) is 0 Å². The van der Waals surface area contributed by atoms with Crippen molar-refractivity contribution < 1.29 is 0 Å². The van der Waals surface area contributed by atoms with Gasteiger partial charge in [-0.15, -0.1) is 0 Å². The molecular formula is C16H14ClN3S. The molecule has 2 aromatic carbocycles. The number of amidine groups is 1. The zero-order chi connectivity index (χ0) is 14.7. The van der Waals surface area contributed by atoms with Crippen molar-refractivity contribution in [3.8, 4) is 0 Å². The summed E-state index contributed by atoms with van der Waals surface area (Å²) in [5.74, 6) is 0.714. The molecule has 1 aliphatic rings. The largest absolute Gasteiger partial charge is 0.277 e. The summed E-state index contributed by atoms with van der Waals surface area (Å²) in [5, 5.41) is 15.6. The Hall–Kier alpha value is -1.78. The molecule has 0 atom stereocenters. The number of hydrogen-bond donors (Lipinski definition) is 1. The topological polar surface area (TPSA) is 39.5 Å². The van der Waals surface area contributed by atoms with E-state index in [-0.39, 0.29) is 0 Å². The fourth-order valence-corrected chi connectivity index (χ4v) is 2.96. The van der Waals surface area contributed by atoms with Crippen molar-refractivity contribution in [3.05, 3.63) is 70.7 Å². The van der Waals surface area contributed by atoms with E-state index in [1.54, 1.807) is 5.01 Å². The lowest BCUT2D eigenvalue weighted by Gasteiger charge is -2.25. The maximum Gasteiger partial charge on any atom is 0.177 e. The molecule has 0 radical (unpaired) electrons. The molecule has 106 valence electrons. The fourth-order valence-electron chi connectivity index (χ4n) is 2.08. The Balaban J connectivity index is 1.84. The molecule has 1 N–H and O–H groups in total. The van der Waals surface area contributed by atoms with Crippen molar-refractivity contribution in [2.75, 3.05) is 5.75 Å². The minimum atomic E-state index is 0.483. The Morgan fingerprint density at radius 2 is 1.81 bits per heavy atom. The monoisotopic (exact) mass is 315 g/mol. The van der Waals surface area contributed by atoms with Crippen LogP contribution in [0, 0.1) is 5.41 Å². The Labute approximate surface area is 133 Å². The van der Waals surface area contributed by atoms with Crippen molar-refractivity contribution in [2.24, 2.45) is 5.10 Å². The number of hydrazone groups is 1.